The summed E-state index contributed by atoms with van der Waals surface area (Å²) in [6.07, 6.45) is 0. The van der Waals surface area contributed by atoms with Crippen molar-refractivity contribution in [2.75, 3.05) is 23.7 Å². The van der Waals surface area contributed by atoms with E-state index in [9.17, 15) is 0 Å². The molecule has 2 N–H and O–H groups in total. The average Bonchev–Trinajstić information content (AvgIpc) is 2.63. The molecule has 0 amide bonds. The average molecular weight is 259 g/mol. The first-order valence-electron chi connectivity index (χ1n) is 6.16. The fraction of sp³-hybridized carbons (Fsp3) is 0.200. The molecule has 2 aromatic rings. The second-order valence-electron chi connectivity index (χ2n) is 4.53. The predicted molar refractivity (Wildman–Crippen MR) is 77.6 cm³/mol. The van der Waals surface area contributed by atoms with Gasteiger partial charge in [0, 0.05) is 19.0 Å². The molecule has 0 fully saturated rings. The molecule has 0 aliphatic carbocycles. The molecule has 2 aromatic carbocycles. The molecule has 2 nitrogen and oxygen atoms in total. The predicted octanol–water partition coefficient (Wildman–Crippen LogP) is 3.96. The maximum Gasteiger partial charge on any atom is 0.0765 e. The second kappa shape index (κ2) is 4.91. The van der Waals surface area contributed by atoms with E-state index < -0.39 is 0 Å². The third kappa shape index (κ3) is 2.16. The quantitative estimate of drug-likeness (QED) is 0.809. The van der Waals surface area contributed by atoms with Gasteiger partial charge in [-0.05, 0) is 17.7 Å². The van der Waals surface area contributed by atoms with E-state index in [0.717, 1.165) is 29.5 Å². The van der Waals surface area contributed by atoms with Crippen LogP contribution in [0.5, 0.6) is 0 Å². The fourth-order valence-electron chi connectivity index (χ4n) is 2.34. The molecule has 18 heavy (non-hydrogen) atoms. The topological polar surface area (TPSA) is 24.1 Å². The third-order valence-electron chi connectivity index (χ3n) is 3.35. The van der Waals surface area contributed by atoms with Gasteiger partial charge in [-0.3, -0.25) is 0 Å². The summed E-state index contributed by atoms with van der Waals surface area (Å²) in [4.78, 5) is 0. The molecule has 0 bridgehead atoms. The normalized spacial score (nSPS) is 18.2. The first-order valence-corrected chi connectivity index (χ1v) is 6.53. The van der Waals surface area contributed by atoms with E-state index in [4.69, 9.17) is 11.6 Å². The van der Waals surface area contributed by atoms with Gasteiger partial charge in [0.05, 0.1) is 16.4 Å². The van der Waals surface area contributed by atoms with Crippen LogP contribution in [-0.4, -0.2) is 13.1 Å². The van der Waals surface area contributed by atoms with Gasteiger partial charge in [0.2, 0.25) is 0 Å². The van der Waals surface area contributed by atoms with E-state index in [1.807, 2.05) is 18.2 Å². The van der Waals surface area contributed by atoms with E-state index in [2.05, 4.69) is 41.0 Å². The van der Waals surface area contributed by atoms with Crippen LogP contribution >= 0.6 is 11.6 Å². The summed E-state index contributed by atoms with van der Waals surface area (Å²) in [5.41, 5.74) is 3.44. The van der Waals surface area contributed by atoms with E-state index in [1.165, 1.54) is 5.56 Å². The van der Waals surface area contributed by atoms with Crippen molar-refractivity contribution in [1.82, 2.24) is 0 Å². The van der Waals surface area contributed by atoms with E-state index >= 15 is 0 Å². The van der Waals surface area contributed by atoms with Crippen LogP contribution in [0.3, 0.4) is 0 Å². The molecule has 0 radical (unpaired) electrons. The van der Waals surface area contributed by atoms with Gasteiger partial charge in [-0.25, -0.2) is 0 Å². The van der Waals surface area contributed by atoms with Crippen LogP contribution < -0.4 is 10.6 Å². The Kier molecular flexibility index (Phi) is 3.11. The maximum absolute atomic E-state index is 6.21. The largest absolute Gasteiger partial charge is 0.383 e. The fourth-order valence-corrected chi connectivity index (χ4v) is 2.58. The van der Waals surface area contributed by atoms with Crippen LogP contribution in [-0.2, 0) is 0 Å². The number of hydrogen-bond donors (Lipinski definition) is 2. The number of halogens is 1. The molecule has 0 spiro atoms. The zero-order valence-electron chi connectivity index (χ0n) is 9.99. The second-order valence-corrected chi connectivity index (χ2v) is 4.94. The molecular weight excluding hydrogens is 244 g/mol. The first-order chi connectivity index (χ1) is 8.84. The highest BCUT2D eigenvalue weighted by molar-refractivity contribution is 6.34. The molecule has 1 aliphatic rings. The number of fused-ring (bicyclic) bond motifs is 1. The minimum Gasteiger partial charge on any atom is -0.383 e. The number of anilines is 2. The Morgan fingerprint density at radius 1 is 0.889 bits per heavy atom. The van der Waals surface area contributed by atoms with Crippen LogP contribution in [0.15, 0.2) is 48.5 Å². The minimum absolute atomic E-state index is 0.453. The molecule has 1 atom stereocenters. The van der Waals surface area contributed by atoms with Crippen molar-refractivity contribution < 1.29 is 0 Å². The summed E-state index contributed by atoms with van der Waals surface area (Å²) in [7, 11) is 0. The summed E-state index contributed by atoms with van der Waals surface area (Å²) < 4.78 is 0. The number of para-hydroxylation sites is 1. The first kappa shape index (κ1) is 11.4. The standard InChI is InChI=1S/C15H15ClN2/c16-13-7-4-8-14-15(13)18-10-12(9-17-14)11-5-2-1-3-6-11/h1-8,12,17-18H,9-10H2. The molecule has 0 saturated heterocycles. The van der Waals surface area contributed by atoms with Crippen molar-refractivity contribution in [3.05, 3.63) is 59.1 Å². The summed E-state index contributed by atoms with van der Waals surface area (Å²) in [6, 6.07) is 16.5. The zero-order valence-corrected chi connectivity index (χ0v) is 10.7. The van der Waals surface area contributed by atoms with Crippen LogP contribution in [0, 0.1) is 0 Å². The van der Waals surface area contributed by atoms with Gasteiger partial charge in [-0.15, -0.1) is 0 Å². The molecule has 92 valence electrons. The SMILES string of the molecule is Clc1cccc2c1NCC(c1ccccc1)CN2. The lowest BCUT2D eigenvalue weighted by molar-refractivity contribution is 0.767. The lowest BCUT2D eigenvalue weighted by atomic mass is 9.99. The van der Waals surface area contributed by atoms with Crippen molar-refractivity contribution in [2.24, 2.45) is 0 Å². The van der Waals surface area contributed by atoms with Crippen molar-refractivity contribution in [1.29, 1.82) is 0 Å². The number of benzene rings is 2. The van der Waals surface area contributed by atoms with Crippen LogP contribution in [0.2, 0.25) is 5.02 Å². The molecule has 1 unspecified atom stereocenters. The maximum atomic E-state index is 6.21. The number of nitrogens with one attached hydrogen (secondary N) is 2. The Hall–Kier alpha value is -1.67. The molecule has 1 heterocycles. The van der Waals surface area contributed by atoms with Crippen LogP contribution in [0.25, 0.3) is 0 Å². The van der Waals surface area contributed by atoms with E-state index in [1.54, 1.807) is 0 Å². The Labute approximate surface area is 112 Å². The van der Waals surface area contributed by atoms with Gasteiger partial charge in [0.15, 0.2) is 0 Å². The third-order valence-corrected chi connectivity index (χ3v) is 3.66. The van der Waals surface area contributed by atoms with Gasteiger partial charge < -0.3 is 10.6 Å². The lowest BCUT2D eigenvalue weighted by Crippen LogP contribution is -2.16. The summed E-state index contributed by atoms with van der Waals surface area (Å²) in [5, 5.41) is 7.69. The van der Waals surface area contributed by atoms with E-state index in [-0.39, 0.29) is 0 Å². The molecule has 0 saturated carbocycles. The molecular formula is C15H15ClN2. The smallest absolute Gasteiger partial charge is 0.0765 e. The summed E-state index contributed by atoms with van der Waals surface area (Å²) in [5.74, 6) is 0.453. The van der Waals surface area contributed by atoms with E-state index in [0.29, 0.717) is 5.92 Å². The van der Waals surface area contributed by atoms with Crippen LogP contribution in [0.1, 0.15) is 11.5 Å². The van der Waals surface area contributed by atoms with Crippen molar-refractivity contribution >= 4 is 23.0 Å². The van der Waals surface area contributed by atoms with Crippen molar-refractivity contribution in [2.45, 2.75) is 5.92 Å². The molecule has 0 aromatic heterocycles. The highest BCUT2D eigenvalue weighted by atomic mass is 35.5. The molecule has 1 aliphatic heterocycles. The Balaban J connectivity index is 1.85. The van der Waals surface area contributed by atoms with Gasteiger partial charge >= 0.3 is 0 Å². The van der Waals surface area contributed by atoms with Gasteiger partial charge in [-0.1, -0.05) is 48.0 Å². The Morgan fingerprint density at radius 2 is 1.67 bits per heavy atom. The monoisotopic (exact) mass is 258 g/mol. The van der Waals surface area contributed by atoms with Gasteiger partial charge in [0.25, 0.3) is 0 Å². The van der Waals surface area contributed by atoms with Gasteiger partial charge in [-0.2, -0.15) is 0 Å². The summed E-state index contributed by atoms with van der Waals surface area (Å²) in [6.45, 7) is 1.82. The highest BCUT2D eigenvalue weighted by Gasteiger charge is 2.17. The van der Waals surface area contributed by atoms with Crippen molar-refractivity contribution in [3.8, 4) is 0 Å². The Bertz CT molecular complexity index is 539. The zero-order chi connectivity index (χ0) is 12.4. The molecule has 3 rings (SSSR count). The molecule has 3 heteroatoms. The van der Waals surface area contributed by atoms with Crippen LogP contribution in [0.4, 0.5) is 11.4 Å². The van der Waals surface area contributed by atoms with Gasteiger partial charge in [0.1, 0.15) is 0 Å². The highest BCUT2D eigenvalue weighted by Crippen LogP contribution is 2.33. The minimum atomic E-state index is 0.453. The Morgan fingerprint density at radius 3 is 2.50 bits per heavy atom. The summed E-state index contributed by atoms with van der Waals surface area (Å²) >= 11 is 6.21. The number of hydrogen-bond acceptors (Lipinski definition) is 2. The lowest BCUT2D eigenvalue weighted by Gasteiger charge is -2.14. The van der Waals surface area contributed by atoms with Crippen molar-refractivity contribution in [3.63, 3.8) is 0 Å². The number of rotatable bonds is 1.